The van der Waals surface area contributed by atoms with Crippen molar-refractivity contribution in [2.45, 2.75) is 26.9 Å². The van der Waals surface area contributed by atoms with Crippen LogP contribution in [-0.4, -0.2) is 25.3 Å². The Morgan fingerprint density at radius 3 is 2.58 bits per heavy atom. The zero-order chi connectivity index (χ0) is 14.4. The number of aliphatic hydroxyl groups excluding tert-OH is 1. The highest BCUT2D eigenvalue weighted by Gasteiger charge is 2.19. The molecule has 0 heterocycles. The molecule has 0 aliphatic heterocycles. The molecule has 4 heteroatoms. The van der Waals surface area contributed by atoms with Crippen molar-refractivity contribution in [3.05, 3.63) is 23.8 Å². The van der Waals surface area contributed by atoms with Gasteiger partial charge in [-0.1, -0.05) is 6.07 Å². The van der Waals surface area contributed by atoms with Gasteiger partial charge in [-0.05, 0) is 32.9 Å². The van der Waals surface area contributed by atoms with Gasteiger partial charge >= 0.3 is 0 Å². The fourth-order valence-corrected chi connectivity index (χ4v) is 2.18. The molecule has 1 aromatic carbocycles. The molecule has 104 valence electrons. The summed E-state index contributed by atoms with van der Waals surface area (Å²) in [7, 11) is 1.60. The zero-order valence-corrected chi connectivity index (χ0v) is 12.1. The van der Waals surface area contributed by atoms with Crippen LogP contribution in [0.4, 0.5) is 5.69 Å². The summed E-state index contributed by atoms with van der Waals surface area (Å²) in [6.07, 6.45) is -0.613. The molecule has 1 aromatic rings. The molecule has 0 aromatic heterocycles. The van der Waals surface area contributed by atoms with Crippen LogP contribution in [0, 0.1) is 17.2 Å². The number of nitrogens with zero attached hydrogens (tertiary/aromatic N) is 2. The molecule has 0 radical (unpaired) electrons. The molecule has 1 rings (SSSR count). The van der Waals surface area contributed by atoms with Crippen molar-refractivity contribution in [3.63, 3.8) is 0 Å². The van der Waals surface area contributed by atoms with Gasteiger partial charge in [0.25, 0.3) is 0 Å². The van der Waals surface area contributed by atoms with Crippen molar-refractivity contribution in [3.8, 4) is 11.8 Å². The first-order chi connectivity index (χ1) is 9.04. The second-order valence-corrected chi connectivity index (χ2v) is 4.64. The minimum atomic E-state index is -0.613. The molecule has 2 atom stereocenters. The van der Waals surface area contributed by atoms with Crippen molar-refractivity contribution in [2.75, 3.05) is 25.1 Å². The van der Waals surface area contributed by atoms with Crippen LogP contribution in [0.2, 0.25) is 0 Å². The van der Waals surface area contributed by atoms with Gasteiger partial charge < -0.3 is 14.7 Å². The smallest absolute Gasteiger partial charge is 0.126 e. The van der Waals surface area contributed by atoms with Crippen molar-refractivity contribution in [1.29, 1.82) is 5.26 Å². The van der Waals surface area contributed by atoms with E-state index in [9.17, 15) is 5.11 Å². The maximum atomic E-state index is 9.98. The van der Waals surface area contributed by atoms with Crippen LogP contribution in [0.3, 0.4) is 0 Å². The first kappa shape index (κ1) is 15.3. The van der Waals surface area contributed by atoms with Gasteiger partial charge in [0.05, 0.1) is 25.2 Å². The maximum absolute atomic E-state index is 9.98. The molecule has 2 unspecified atom stereocenters. The van der Waals surface area contributed by atoms with Crippen LogP contribution >= 0.6 is 0 Å². The summed E-state index contributed by atoms with van der Waals surface area (Å²) >= 11 is 0. The fraction of sp³-hybridized carbons (Fsp3) is 0.533. The van der Waals surface area contributed by atoms with E-state index in [0.717, 1.165) is 17.8 Å². The molecule has 1 N–H and O–H groups in total. The van der Waals surface area contributed by atoms with Crippen LogP contribution < -0.4 is 9.64 Å². The number of rotatable bonds is 6. The average Bonchev–Trinajstić information content (AvgIpc) is 2.43. The number of nitriles is 1. The van der Waals surface area contributed by atoms with Gasteiger partial charge in [-0.25, -0.2) is 0 Å². The number of aliphatic hydroxyl groups is 1. The molecular weight excluding hydrogens is 240 g/mol. The molecule has 0 amide bonds. The molecule has 0 aliphatic carbocycles. The topological polar surface area (TPSA) is 56.5 Å². The summed E-state index contributed by atoms with van der Waals surface area (Å²) in [4.78, 5) is 2.10. The number of ether oxygens (including phenoxy) is 1. The summed E-state index contributed by atoms with van der Waals surface area (Å²) in [6, 6.07) is 7.94. The van der Waals surface area contributed by atoms with Crippen LogP contribution in [0.25, 0.3) is 0 Å². The summed E-state index contributed by atoms with van der Waals surface area (Å²) < 4.78 is 5.32. The normalized spacial score (nSPS) is 13.5. The van der Waals surface area contributed by atoms with Gasteiger partial charge in [0, 0.05) is 24.3 Å². The third-order valence-electron chi connectivity index (χ3n) is 3.12. The lowest BCUT2D eigenvalue weighted by Crippen LogP contribution is -2.29. The van der Waals surface area contributed by atoms with Gasteiger partial charge in [0.2, 0.25) is 0 Å². The Kier molecular flexibility index (Phi) is 5.65. The number of hydrogen-bond acceptors (Lipinski definition) is 4. The van der Waals surface area contributed by atoms with Crippen molar-refractivity contribution in [1.82, 2.24) is 0 Å². The number of anilines is 1. The summed E-state index contributed by atoms with van der Waals surface area (Å²) in [5.74, 6) is 0.614. The lowest BCUT2D eigenvalue weighted by Gasteiger charge is -2.28. The third kappa shape index (κ3) is 3.62. The largest absolute Gasteiger partial charge is 0.496 e. The SMILES string of the molecule is CCN(CC(C)C#N)c1cccc(OC)c1C(C)O. The highest BCUT2D eigenvalue weighted by molar-refractivity contribution is 5.60. The molecule has 0 fully saturated rings. The van der Waals surface area contributed by atoms with Gasteiger partial charge in [-0.15, -0.1) is 0 Å². The van der Waals surface area contributed by atoms with Crippen molar-refractivity contribution < 1.29 is 9.84 Å². The Balaban J connectivity index is 3.20. The number of methoxy groups -OCH3 is 1. The van der Waals surface area contributed by atoms with E-state index in [0.29, 0.717) is 12.3 Å². The van der Waals surface area contributed by atoms with Crippen LogP contribution in [-0.2, 0) is 0 Å². The van der Waals surface area contributed by atoms with Crippen molar-refractivity contribution >= 4 is 5.69 Å². The third-order valence-corrected chi connectivity index (χ3v) is 3.12. The molecule has 0 bridgehead atoms. The molecule has 0 aliphatic rings. The molecule has 4 nitrogen and oxygen atoms in total. The highest BCUT2D eigenvalue weighted by atomic mass is 16.5. The quantitative estimate of drug-likeness (QED) is 0.856. The monoisotopic (exact) mass is 262 g/mol. The molecular formula is C15H22N2O2. The van der Waals surface area contributed by atoms with Crippen LogP contribution in [0.1, 0.15) is 32.4 Å². The predicted octanol–water partition coefficient (Wildman–Crippen LogP) is 2.73. The van der Waals surface area contributed by atoms with Crippen molar-refractivity contribution in [2.24, 2.45) is 5.92 Å². The average molecular weight is 262 g/mol. The zero-order valence-electron chi connectivity index (χ0n) is 12.1. The van der Waals surface area contributed by atoms with Crippen LogP contribution in [0.15, 0.2) is 18.2 Å². The van der Waals surface area contributed by atoms with Gasteiger partial charge in [-0.2, -0.15) is 5.26 Å². The van der Waals surface area contributed by atoms with Gasteiger partial charge in [-0.3, -0.25) is 0 Å². The first-order valence-electron chi connectivity index (χ1n) is 6.54. The molecule has 0 spiro atoms. The van der Waals surface area contributed by atoms with Gasteiger partial charge in [0.15, 0.2) is 0 Å². The number of benzene rings is 1. The van der Waals surface area contributed by atoms with E-state index in [4.69, 9.17) is 10.00 Å². The fourth-order valence-electron chi connectivity index (χ4n) is 2.18. The Morgan fingerprint density at radius 2 is 2.11 bits per heavy atom. The van der Waals surface area contributed by atoms with E-state index < -0.39 is 6.10 Å². The number of hydrogen-bond donors (Lipinski definition) is 1. The summed E-state index contributed by atoms with van der Waals surface area (Å²) in [5, 5.41) is 18.9. The van der Waals surface area contributed by atoms with E-state index >= 15 is 0 Å². The maximum Gasteiger partial charge on any atom is 0.126 e. The molecule has 0 saturated heterocycles. The lowest BCUT2D eigenvalue weighted by atomic mass is 10.0. The Labute approximate surface area is 115 Å². The Morgan fingerprint density at radius 1 is 1.42 bits per heavy atom. The first-order valence-corrected chi connectivity index (χ1v) is 6.54. The Hall–Kier alpha value is -1.73. The van der Waals surface area contributed by atoms with Crippen LogP contribution in [0.5, 0.6) is 5.75 Å². The predicted molar refractivity (Wildman–Crippen MR) is 76.3 cm³/mol. The summed E-state index contributed by atoms with van der Waals surface area (Å²) in [5.41, 5.74) is 1.70. The standard InChI is InChI=1S/C15H22N2O2/c1-5-17(10-11(2)9-16)13-7-6-8-14(19-4)15(13)12(3)18/h6-8,11-12,18H,5,10H2,1-4H3. The summed E-state index contributed by atoms with van der Waals surface area (Å²) in [6.45, 7) is 7.07. The van der Waals surface area contributed by atoms with E-state index in [1.165, 1.54) is 0 Å². The van der Waals surface area contributed by atoms with E-state index in [-0.39, 0.29) is 5.92 Å². The molecule has 0 saturated carbocycles. The lowest BCUT2D eigenvalue weighted by molar-refractivity contribution is 0.194. The van der Waals surface area contributed by atoms with E-state index in [2.05, 4.69) is 11.0 Å². The second-order valence-electron chi connectivity index (χ2n) is 4.64. The molecule has 19 heavy (non-hydrogen) atoms. The minimum absolute atomic E-state index is 0.0620. The highest BCUT2D eigenvalue weighted by Crippen LogP contribution is 2.34. The van der Waals surface area contributed by atoms with E-state index in [1.807, 2.05) is 32.0 Å². The van der Waals surface area contributed by atoms with Gasteiger partial charge in [0.1, 0.15) is 5.75 Å². The minimum Gasteiger partial charge on any atom is -0.496 e. The van der Waals surface area contributed by atoms with E-state index in [1.54, 1.807) is 14.0 Å². The Bertz CT molecular complexity index is 452. The second kappa shape index (κ2) is 7.01.